The van der Waals surface area contributed by atoms with Gasteiger partial charge in [0.1, 0.15) is 0 Å². The molecule has 76 valence electrons. The Bertz CT molecular complexity index is 200. The lowest BCUT2D eigenvalue weighted by Gasteiger charge is -2.18. The molecule has 0 spiro atoms. The van der Waals surface area contributed by atoms with Crippen LogP contribution in [0.25, 0.3) is 0 Å². The number of hydrogen-bond donors (Lipinski definition) is 1. The van der Waals surface area contributed by atoms with Gasteiger partial charge in [0.15, 0.2) is 0 Å². The van der Waals surface area contributed by atoms with E-state index < -0.39 is 0 Å². The summed E-state index contributed by atoms with van der Waals surface area (Å²) in [6, 6.07) is 0. The fourth-order valence-corrected chi connectivity index (χ4v) is 1.36. The van der Waals surface area contributed by atoms with Gasteiger partial charge in [-0.1, -0.05) is 32.9 Å². The highest BCUT2D eigenvalue weighted by Crippen LogP contribution is 2.13. The van der Waals surface area contributed by atoms with Crippen LogP contribution in [0.1, 0.15) is 34.1 Å². The maximum Gasteiger partial charge on any atom is 0.0499 e. The van der Waals surface area contributed by atoms with Crippen molar-refractivity contribution < 1.29 is 0 Å². The minimum atomic E-state index is 0.570. The molecule has 13 heavy (non-hydrogen) atoms. The van der Waals surface area contributed by atoms with Crippen molar-refractivity contribution in [3.05, 3.63) is 23.4 Å². The zero-order chi connectivity index (χ0) is 10.4. The number of hydrogen-bond acceptors (Lipinski definition) is 2. The van der Waals surface area contributed by atoms with Gasteiger partial charge in [0.05, 0.1) is 0 Å². The molecule has 0 aliphatic rings. The zero-order valence-electron chi connectivity index (χ0n) is 9.46. The van der Waals surface area contributed by atoms with Gasteiger partial charge in [0, 0.05) is 12.7 Å². The minimum Gasteiger partial charge on any atom is -0.314 e. The SMILES string of the molecule is CC/C=C(\C(C)=C/C(C)C)N(C)N. The van der Waals surface area contributed by atoms with E-state index in [0.717, 1.165) is 12.1 Å². The number of likely N-dealkylation sites (N-methyl/N-ethyl adjacent to an activating group) is 1. The number of allylic oxidation sites excluding steroid dienone is 3. The van der Waals surface area contributed by atoms with E-state index in [1.165, 1.54) is 5.57 Å². The van der Waals surface area contributed by atoms with Crippen LogP contribution in [-0.2, 0) is 0 Å². The molecule has 0 unspecified atom stereocenters. The fraction of sp³-hybridized carbons (Fsp3) is 0.636. The largest absolute Gasteiger partial charge is 0.314 e. The Morgan fingerprint density at radius 1 is 1.46 bits per heavy atom. The third kappa shape index (κ3) is 4.73. The Morgan fingerprint density at radius 3 is 2.31 bits per heavy atom. The summed E-state index contributed by atoms with van der Waals surface area (Å²) in [6.07, 6.45) is 5.39. The van der Waals surface area contributed by atoms with Gasteiger partial charge in [0.25, 0.3) is 0 Å². The first-order valence-electron chi connectivity index (χ1n) is 4.86. The first kappa shape index (κ1) is 12.2. The molecule has 0 saturated heterocycles. The standard InChI is InChI=1S/C11H22N2/c1-6-7-11(13(5)12)10(4)8-9(2)3/h7-9H,6,12H2,1-5H3/b10-8-,11-7+. The molecule has 2 N–H and O–H groups in total. The molecular weight excluding hydrogens is 160 g/mol. The molecule has 0 aromatic carbocycles. The van der Waals surface area contributed by atoms with Gasteiger partial charge in [-0.2, -0.15) is 0 Å². The van der Waals surface area contributed by atoms with Crippen LogP contribution in [0.5, 0.6) is 0 Å². The van der Waals surface area contributed by atoms with Gasteiger partial charge >= 0.3 is 0 Å². The van der Waals surface area contributed by atoms with Gasteiger partial charge < -0.3 is 5.01 Å². The maximum atomic E-state index is 5.72. The normalized spacial score (nSPS) is 13.8. The summed E-state index contributed by atoms with van der Waals surface area (Å²) >= 11 is 0. The zero-order valence-corrected chi connectivity index (χ0v) is 9.46. The second-order valence-corrected chi connectivity index (χ2v) is 3.70. The summed E-state index contributed by atoms with van der Waals surface area (Å²) in [5.74, 6) is 6.29. The molecular formula is C11H22N2. The van der Waals surface area contributed by atoms with E-state index in [-0.39, 0.29) is 0 Å². The average Bonchev–Trinajstić information content (AvgIpc) is 1.97. The molecule has 0 amide bonds. The summed E-state index contributed by atoms with van der Waals surface area (Å²) in [5.41, 5.74) is 2.37. The van der Waals surface area contributed by atoms with Crippen LogP contribution < -0.4 is 5.84 Å². The molecule has 0 aromatic rings. The molecule has 0 bridgehead atoms. The molecule has 2 heteroatoms. The summed E-state index contributed by atoms with van der Waals surface area (Å²) in [6.45, 7) is 8.56. The van der Waals surface area contributed by atoms with Crippen molar-refractivity contribution in [3.8, 4) is 0 Å². The van der Waals surface area contributed by atoms with E-state index in [4.69, 9.17) is 5.84 Å². The average molecular weight is 182 g/mol. The molecule has 0 aromatic heterocycles. The third-order valence-corrected chi connectivity index (χ3v) is 1.76. The van der Waals surface area contributed by atoms with Gasteiger partial charge in [-0.15, -0.1) is 0 Å². The number of hydrazine groups is 1. The topological polar surface area (TPSA) is 29.3 Å². The fourth-order valence-electron chi connectivity index (χ4n) is 1.36. The molecule has 0 rings (SSSR count). The summed E-state index contributed by atoms with van der Waals surface area (Å²) in [4.78, 5) is 0. The van der Waals surface area contributed by atoms with Crippen LogP contribution in [0, 0.1) is 5.92 Å². The number of nitrogens with zero attached hydrogens (tertiary/aromatic N) is 1. The van der Waals surface area contributed by atoms with E-state index >= 15 is 0 Å². The Balaban J connectivity index is 4.66. The van der Waals surface area contributed by atoms with Crippen molar-refractivity contribution in [1.29, 1.82) is 0 Å². The van der Waals surface area contributed by atoms with E-state index in [2.05, 4.69) is 39.8 Å². The summed E-state index contributed by atoms with van der Waals surface area (Å²) in [5, 5.41) is 1.68. The van der Waals surface area contributed by atoms with Crippen molar-refractivity contribution in [2.75, 3.05) is 7.05 Å². The number of nitrogens with two attached hydrogens (primary N) is 1. The highest BCUT2D eigenvalue weighted by Gasteiger charge is 2.02. The number of rotatable bonds is 4. The van der Waals surface area contributed by atoms with Crippen molar-refractivity contribution in [2.45, 2.75) is 34.1 Å². The second kappa shape index (κ2) is 5.81. The summed E-state index contributed by atoms with van der Waals surface area (Å²) in [7, 11) is 1.87. The highest BCUT2D eigenvalue weighted by molar-refractivity contribution is 5.27. The van der Waals surface area contributed by atoms with Crippen LogP contribution in [0.2, 0.25) is 0 Å². The van der Waals surface area contributed by atoms with Crippen molar-refractivity contribution in [2.24, 2.45) is 11.8 Å². The molecule has 0 saturated carbocycles. The maximum absolute atomic E-state index is 5.72. The van der Waals surface area contributed by atoms with Crippen LogP contribution >= 0.6 is 0 Å². The lowest BCUT2D eigenvalue weighted by Crippen LogP contribution is -2.25. The lowest BCUT2D eigenvalue weighted by molar-refractivity contribution is 0.446. The van der Waals surface area contributed by atoms with Gasteiger partial charge in [0.2, 0.25) is 0 Å². The molecule has 0 atom stereocenters. The summed E-state index contributed by atoms with van der Waals surface area (Å²) < 4.78 is 0. The Kier molecular flexibility index (Phi) is 5.47. The first-order chi connectivity index (χ1) is 5.99. The van der Waals surface area contributed by atoms with Crippen LogP contribution in [0.15, 0.2) is 23.4 Å². The second-order valence-electron chi connectivity index (χ2n) is 3.70. The van der Waals surface area contributed by atoms with E-state index in [1.807, 2.05) is 7.05 Å². The van der Waals surface area contributed by atoms with Crippen LogP contribution in [0.4, 0.5) is 0 Å². The highest BCUT2D eigenvalue weighted by atomic mass is 15.4. The monoisotopic (exact) mass is 182 g/mol. The molecule has 0 aliphatic heterocycles. The quantitative estimate of drug-likeness (QED) is 0.411. The van der Waals surface area contributed by atoms with Gasteiger partial charge in [-0.25, -0.2) is 5.84 Å². The molecule has 2 nitrogen and oxygen atoms in total. The Hall–Kier alpha value is -0.760. The smallest absolute Gasteiger partial charge is 0.0499 e. The van der Waals surface area contributed by atoms with Crippen molar-refractivity contribution in [1.82, 2.24) is 5.01 Å². The molecule has 0 radical (unpaired) electrons. The molecule has 0 aliphatic carbocycles. The predicted octanol–water partition coefficient (Wildman–Crippen LogP) is 2.69. The van der Waals surface area contributed by atoms with E-state index in [0.29, 0.717) is 5.92 Å². The minimum absolute atomic E-state index is 0.570. The van der Waals surface area contributed by atoms with Crippen LogP contribution in [0.3, 0.4) is 0 Å². The van der Waals surface area contributed by atoms with E-state index in [9.17, 15) is 0 Å². The Morgan fingerprint density at radius 2 is 2.00 bits per heavy atom. The predicted molar refractivity (Wildman–Crippen MR) is 58.9 cm³/mol. The lowest BCUT2D eigenvalue weighted by atomic mass is 10.1. The van der Waals surface area contributed by atoms with Crippen molar-refractivity contribution in [3.63, 3.8) is 0 Å². The van der Waals surface area contributed by atoms with Crippen LogP contribution in [-0.4, -0.2) is 12.1 Å². The van der Waals surface area contributed by atoms with Gasteiger partial charge in [-0.05, 0) is 24.8 Å². The molecule has 0 heterocycles. The van der Waals surface area contributed by atoms with E-state index in [1.54, 1.807) is 5.01 Å². The molecule has 0 fully saturated rings. The van der Waals surface area contributed by atoms with Crippen molar-refractivity contribution >= 4 is 0 Å². The first-order valence-corrected chi connectivity index (χ1v) is 4.86. The third-order valence-electron chi connectivity index (χ3n) is 1.76. The van der Waals surface area contributed by atoms with Gasteiger partial charge in [-0.3, -0.25) is 0 Å². The Labute approximate surface area is 82.1 Å².